The molecule has 0 fully saturated rings. The molecule has 3 heteroatoms. The number of para-hydroxylation sites is 1. The summed E-state index contributed by atoms with van der Waals surface area (Å²) in [6.45, 7) is 0. The summed E-state index contributed by atoms with van der Waals surface area (Å²) in [4.78, 5) is 1.98. The maximum absolute atomic E-state index is 9.38. The number of nitriles is 1. The van der Waals surface area contributed by atoms with E-state index in [0.717, 1.165) is 15.7 Å². The Morgan fingerprint density at radius 1 is 1.06 bits per heavy atom. The Morgan fingerprint density at radius 2 is 1.67 bits per heavy atom. The molecule has 0 spiro atoms. The van der Waals surface area contributed by atoms with E-state index in [2.05, 4.69) is 22.0 Å². The lowest BCUT2D eigenvalue weighted by Crippen LogP contribution is -2.22. The second-order valence-corrected chi connectivity index (χ2v) is 4.95. The summed E-state index contributed by atoms with van der Waals surface area (Å²) in [5.41, 5.74) is 2.03. The summed E-state index contributed by atoms with van der Waals surface area (Å²) < 4.78 is 1.02. The van der Waals surface area contributed by atoms with Crippen LogP contribution in [0.15, 0.2) is 59.1 Å². The van der Waals surface area contributed by atoms with E-state index in [4.69, 9.17) is 0 Å². The quantitative estimate of drug-likeness (QED) is 0.851. The van der Waals surface area contributed by atoms with Gasteiger partial charge in [0.1, 0.15) is 6.04 Å². The van der Waals surface area contributed by atoms with Crippen molar-refractivity contribution in [2.24, 2.45) is 0 Å². The van der Waals surface area contributed by atoms with Gasteiger partial charge in [-0.3, -0.25) is 0 Å². The predicted octanol–water partition coefficient (Wildman–Crippen LogP) is 4.15. The molecule has 0 amide bonds. The van der Waals surface area contributed by atoms with Gasteiger partial charge in [-0.25, -0.2) is 0 Å². The van der Waals surface area contributed by atoms with Gasteiger partial charge in [-0.05, 0) is 29.8 Å². The van der Waals surface area contributed by atoms with E-state index in [1.807, 2.05) is 66.5 Å². The van der Waals surface area contributed by atoms with Crippen LogP contribution in [0.2, 0.25) is 0 Å². The zero-order valence-electron chi connectivity index (χ0n) is 10.0. The van der Waals surface area contributed by atoms with Gasteiger partial charge < -0.3 is 4.90 Å². The van der Waals surface area contributed by atoms with Gasteiger partial charge in [0.25, 0.3) is 0 Å². The van der Waals surface area contributed by atoms with Crippen molar-refractivity contribution in [3.8, 4) is 6.07 Å². The Labute approximate surface area is 116 Å². The standard InChI is InChI=1S/C15H13BrN2/c1-18(14-5-3-2-4-6-14)15(11-17)12-7-9-13(16)10-8-12/h2-10,15H,1H3. The van der Waals surface area contributed by atoms with Crippen LogP contribution in [0, 0.1) is 11.3 Å². The van der Waals surface area contributed by atoms with Crippen LogP contribution in [0.25, 0.3) is 0 Å². The van der Waals surface area contributed by atoms with E-state index in [-0.39, 0.29) is 6.04 Å². The molecule has 2 aromatic rings. The molecule has 0 radical (unpaired) electrons. The molecule has 0 aliphatic heterocycles. The van der Waals surface area contributed by atoms with Gasteiger partial charge in [-0.15, -0.1) is 0 Å². The topological polar surface area (TPSA) is 27.0 Å². The first-order valence-electron chi connectivity index (χ1n) is 5.65. The fraction of sp³-hybridized carbons (Fsp3) is 0.133. The van der Waals surface area contributed by atoms with Crippen molar-refractivity contribution in [3.63, 3.8) is 0 Å². The van der Waals surface area contributed by atoms with Crippen molar-refractivity contribution in [3.05, 3.63) is 64.6 Å². The number of anilines is 1. The van der Waals surface area contributed by atoms with E-state index in [9.17, 15) is 5.26 Å². The second-order valence-electron chi connectivity index (χ2n) is 4.03. The van der Waals surface area contributed by atoms with Crippen molar-refractivity contribution in [1.82, 2.24) is 0 Å². The van der Waals surface area contributed by atoms with Crippen LogP contribution in [0.5, 0.6) is 0 Å². The third-order valence-electron chi connectivity index (χ3n) is 2.86. The van der Waals surface area contributed by atoms with E-state index in [1.165, 1.54) is 0 Å². The Hall–Kier alpha value is -1.79. The fourth-order valence-corrected chi connectivity index (χ4v) is 2.11. The zero-order valence-corrected chi connectivity index (χ0v) is 11.6. The monoisotopic (exact) mass is 300 g/mol. The predicted molar refractivity (Wildman–Crippen MR) is 77.3 cm³/mol. The molecule has 0 aromatic heterocycles. The highest BCUT2D eigenvalue weighted by Gasteiger charge is 2.16. The molecule has 0 bridgehead atoms. The number of nitrogens with zero attached hydrogens (tertiary/aromatic N) is 2. The molecule has 1 unspecified atom stereocenters. The average molecular weight is 301 g/mol. The van der Waals surface area contributed by atoms with Crippen molar-refractivity contribution >= 4 is 21.6 Å². The summed E-state index contributed by atoms with van der Waals surface area (Å²) >= 11 is 3.40. The highest BCUT2D eigenvalue weighted by atomic mass is 79.9. The Balaban J connectivity index is 2.30. The van der Waals surface area contributed by atoms with Gasteiger partial charge in [-0.1, -0.05) is 46.3 Å². The van der Waals surface area contributed by atoms with Crippen molar-refractivity contribution in [1.29, 1.82) is 5.26 Å². The molecule has 90 valence electrons. The summed E-state index contributed by atoms with van der Waals surface area (Å²) in [7, 11) is 1.94. The Bertz CT molecular complexity index is 543. The molecule has 0 saturated heterocycles. The normalized spacial score (nSPS) is 11.6. The van der Waals surface area contributed by atoms with Gasteiger partial charge in [0.15, 0.2) is 0 Å². The van der Waals surface area contributed by atoms with Gasteiger partial charge in [0.05, 0.1) is 6.07 Å². The summed E-state index contributed by atoms with van der Waals surface area (Å²) in [5.74, 6) is 0. The first-order chi connectivity index (χ1) is 8.72. The number of halogens is 1. The molecule has 0 N–H and O–H groups in total. The minimum absolute atomic E-state index is 0.277. The second kappa shape index (κ2) is 5.70. The smallest absolute Gasteiger partial charge is 0.142 e. The van der Waals surface area contributed by atoms with Crippen LogP contribution in [-0.2, 0) is 0 Å². The molecule has 1 atom stereocenters. The molecular formula is C15H13BrN2. The molecule has 0 saturated carbocycles. The highest BCUT2D eigenvalue weighted by Crippen LogP contribution is 2.25. The molecule has 0 aliphatic carbocycles. The Kier molecular flexibility index (Phi) is 4.01. The molecule has 2 rings (SSSR count). The number of rotatable bonds is 3. The molecular weight excluding hydrogens is 288 g/mol. The van der Waals surface area contributed by atoms with Crippen LogP contribution in [-0.4, -0.2) is 7.05 Å². The van der Waals surface area contributed by atoms with Gasteiger partial charge in [-0.2, -0.15) is 5.26 Å². The lowest BCUT2D eigenvalue weighted by Gasteiger charge is -2.25. The third kappa shape index (κ3) is 2.72. The number of hydrogen-bond acceptors (Lipinski definition) is 2. The maximum Gasteiger partial charge on any atom is 0.142 e. The fourth-order valence-electron chi connectivity index (χ4n) is 1.84. The van der Waals surface area contributed by atoms with E-state index < -0.39 is 0 Å². The minimum atomic E-state index is -0.277. The third-order valence-corrected chi connectivity index (χ3v) is 3.39. The van der Waals surface area contributed by atoms with Crippen molar-refractivity contribution < 1.29 is 0 Å². The molecule has 0 heterocycles. The summed E-state index contributed by atoms with van der Waals surface area (Å²) in [5, 5.41) is 9.38. The van der Waals surface area contributed by atoms with Crippen LogP contribution in [0.3, 0.4) is 0 Å². The van der Waals surface area contributed by atoms with E-state index in [1.54, 1.807) is 0 Å². The average Bonchev–Trinajstić information content (AvgIpc) is 2.42. The van der Waals surface area contributed by atoms with Crippen LogP contribution in [0.4, 0.5) is 5.69 Å². The van der Waals surface area contributed by atoms with Crippen LogP contribution >= 0.6 is 15.9 Å². The van der Waals surface area contributed by atoms with Crippen LogP contribution in [0.1, 0.15) is 11.6 Å². The molecule has 2 aromatic carbocycles. The van der Waals surface area contributed by atoms with Gasteiger partial charge in [0.2, 0.25) is 0 Å². The lowest BCUT2D eigenvalue weighted by molar-refractivity contribution is 0.823. The highest BCUT2D eigenvalue weighted by molar-refractivity contribution is 9.10. The number of hydrogen-bond donors (Lipinski definition) is 0. The minimum Gasteiger partial charge on any atom is -0.355 e. The Morgan fingerprint density at radius 3 is 2.22 bits per heavy atom. The molecule has 2 nitrogen and oxygen atoms in total. The first kappa shape index (κ1) is 12.7. The van der Waals surface area contributed by atoms with Gasteiger partial charge in [0, 0.05) is 17.2 Å². The van der Waals surface area contributed by atoms with E-state index >= 15 is 0 Å². The SMILES string of the molecule is CN(c1ccccc1)C(C#N)c1ccc(Br)cc1. The van der Waals surface area contributed by atoms with Crippen molar-refractivity contribution in [2.75, 3.05) is 11.9 Å². The van der Waals surface area contributed by atoms with Crippen molar-refractivity contribution in [2.45, 2.75) is 6.04 Å². The van der Waals surface area contributed by atoms with E-state index in [0.29, 0.717) is 0 Å². The molecule has 0 aliphatic rings. The van der Waals surface area contributed by atoms with Gasteiger partial charge >= 0.3 is 0 Å². The summed E-state index contributed by atoms with van der Waals surface area (Å²) in [6.07, 6.45) is 0. The first-order valence-corrected chi connectivity index (χ1v) is 6.44. The van der Waals surface area contributed by atoms with Crippen LogP contribution < -0.4 is 4.90 Å². The zero-order chi connectivity index (χ0) is 13.0. The maximum atomic E-state index is 9.38. The summed E-state index contributed by atoms with van der Waals surface area (Å²) in [6, 6.07) is 19.8. The molecule has 18 heavy (non-hydrogen) atoms. The number of benzene rings is 2. The lowest BCUT2D eigenvalue weighted by atomic mass is 10.1. The largest absolute Gasteiger partial charge is 0.355 e.